The highest BCUT2D eigenvalue weighted by Gasteiger charge is 2.45. The van der Waals surface area contributed by atoms with E-state index in [9.17, 15) is 4.79 Å². The van der Waals surface area contributed by atoms with Gasteiger partial charge in [-0.1, -0.05) is 42.5 Å². The van der Waals surface area contributed by atoms with Gasteiger partial charge in [-0.2, -0.15) is 0 Å². The van der Waals surface area contributed by atoms with Gasteiger partial charge in [-0.3, -0.25) is 9.69 Å². The fourth-order valence-electron chi connectivity index (χ4n) is 4.90. The molecule has 2 aliphatic heterocycles. The van der Waals surface area contributed by atoms with Crippen molar-refractivity contribution in [2.45, 2.75) is 24.9 Å². The molecule has 5 heteroatoms. The Bertz CT molecular complexity index is 793. The van der Waals surface area contributed by atoms with Crippen LogP contribution >= 0.6 is 0 Å². The first-order valence-electron chi connectivity index (χ1n) is 10.1. The summed E-state index contributed by atoms with van der Waals surface area (Å²) in [7, 11) is 1.69. The second kappa shape index (κ2) is 8.33. The number of methoxy groups -OCH3 is 1. The maximum Gasteiger partial charge on any atom is 0.236 e. The molecule has 0 saturated carbocycles. The van der Waals surface area contributed by atoms with Gasteiger partial charge in [-0.05, 0) is 29.7 Å². The van der Waals surface area contributed by atoms with Crippen LogP contribution in [0.25, 0.3) is 0 Å². The molecule has 0 bridgehead atoms. The molecule has 0 aromatic heterocycles. The molecular formula is C23H29N3O2. The second-order valence-corrected chi connectivity index (χ2v) is 7.86. The molecule has 0 spiro atoms. The number of carbonyl (C=O) groups is 1. The minimum Gasteiger partial charge on any atom is -0.497 e. The summed E-state index contributed by atoms with van der Waals surface area (Å²) in [4.78, 5) is 16.8. The Hall–Kier alpha value is -2.37. The molecule has 2 aromatic rings. The van der Waals surface area contributed by atoms with E-state index in [1.807, 2.05) is 17.0 Å². The number of hydrogen-bond acceptors (Lipinski definition) is 4. The molecule has 4 rings (SSSR count). The van der Waals surface area contributed by atoms with E-state index in [2.05, 4.69) is 47.4 Å². The van der Waals surface area contributed by atoms with Crippen LogP contribution in [0.15, 0.2) is 54.6 Å². The number of ether oxygens (including phenoxy) is 1. The number of amides is 1. The van der Waals surface area contributed by atoms with E-state index in [-0.39, 0.29) is 12.5 Å². The van der Waals surface area contributed by atoms with Crippen molar-refractivity contribution in [1.29, 1.82) is 0 Å². The lowest BCUT2D eigenvalue weighted by atomic mass is 9.81. The fourth-order valence-corrected chi connectivity index (χ4v) is 4.90. The standard InChI is InChI=1S/C23H29N3O2/c1-28-19-9-7-18(8-10-19)20-15-26(14-17-5-3-2-4-6-17)22-11-12-25(16-21(20)22)23(27)13-24/h2-10,20-22H,11-16,24H2,1H3/t20-,21-,22-/m1/s1. The van der Waals surface area contributed by atoms with E-state index in [1.165, 1.54) is 11.1 Å². The van der Waals surface area contributed by atoms with Gasteiger partial charge in [0.15, 0.2) is 0 Å². The first-order chi connectivity index (χ1) is 13.7. The van der Waals surface area contributed by atoms with Crippen LogP contribution in [-0.4, -0.2) is 55.0 Å². The van der Waals surface area contributed by atoms with E-state index in [0.29, 0.717) is 17.9 Å². The quantitative estimate of drug-likeness (QED) is 0.867. The van der Waals surface area contributed by atoms with Crippen molar-refractivity contribution in [1.82, 2.24) is 9.80 Å². The van der Waals surface area contributed by atoms with E-state index < -0.39 is 0 Å². The van der Waals surface area contributed by atoms with Gasteiger partial charge in [0.05, 0.1) is 13.7 Å². The van der Waals surface area contributed by atoms with E-state index in [0.717, 1.165) is 38.3 Å². The lowest BCUT2D eigenvalue weighted by Crippen LogP contribution is -2.50. The van der Waals surface area contributed by atoms with Gasteiger partial charge < -0.3 is 15.4 Å². The van der Waals surface area contributed by atoms with Crippen molar-refractivity contribution in [2.75, 3.05) is 33.3 Å². The highest BCUT2D eigenvalue weighted by molar-refractivity contribution is 5.78. The van der Waals surface area contributed by atoms with E-state index in [4.69, 9.17) is 10.5 Å². The van der Waals surface area contributed by atoms with Crippen LogP contribution in [0.3, 0.4) is 0 Å². The Morgan fingerprint density at radius 2 is 1.86 bits per heavy atom. The summed E-state index contributed by atoms with van der Waals surface area (Å²) < 4.78 is 5.32. The molecular weight excluding hydrogens is 350 g/mol. The summed E-state index contributed by atoms with van der Waals surface area (Å²) >= 11 is 0. The summed E-state index contributed by atoms with van der Waals surface area (Å²) in [6.07, 6.45) is 1.01. The molecule has 148 valence electrons. The first-order valence-corrected chi connectivity index (χ1v) is 10.1. The monoisotopic (exact) mass is 379 g/mol. The van der Waals surface area contributed by atoms with Crippen LogP contribution in [0.5, 0.6) is 5.75 Å². The third kappa shape index (κ3) is 3.77. The third-order valence-electron chi connectivity index (χ3n) is 6.34. The van der Waals surface area contributed by atoms with Crippen molar-refractivity contribution in [3.05, 3.63) is 65.7 Å². The summed E-state index contributed by atoms with van der Waals surface area (Å²) in [6, 6.07) is 19.6. The smallest absolute Gasteiger partial charge is 0.236 e. The maximum absolute atomic E-state index is 12.2. The van der Waals surface area contributed by atoms with Gasteiger partial charge in [-0.15, -0.1) is 0 Å². The van der Waals surface area contributed by atoms with Crippen molar-refractivity contribution in [3.8, 4) is 5.75 Å². The molecule has 2 N–H and O–H groups in total. The molecule has 2 aliphatic rings. The molecule has 5 nitrogen and oxygen atoms in total. The minimum absolute atomic E-state index is 0.0634. The summed E-state index contributed by atoms with van der Waals surface area (Å²) in [5.41, 5.74) is 8.30. The van der Waals surface area contributed by atoms with Crippen LogP contribution in [0.2, 0.25) is 0 Å². The molecule has 2 saturated heterocycles. The molecule has 0 radical (unpaired) electrons. The average Bonchev–Trinajstić information content (AvgIpc) is 3.11. The summed E-state index contributed by atoms with van der Waals surface area (Å²) in [5.74, 6) is 1.78. The zero-order chi connectivity index (χ0) is 19.5. The summed E-state index contributed by atoms with van der Waals surface area (Å²) in [5, 5.41) is 0. The molecule has 0 unspecified atom stereocenters. The van der Waals surface area contributed by atoms with Gasteiger partial charge in [0, 0.05) is 44.1 Å². The SMILES string of the molecule is COc1ccc([C@H]2CN(Cc3ccccc3)[C@@H]3CCN(C(=O)CN)C[C@H]23)cc1. The first kappa shape index (κ1) is 19.0. The van der Waals surface area contributed by atoms with Crippen LogP contribution < -0.4 is 10.5 Å². The van der Waals surface area contributed by atoms with E-state index in [1.54, 1.807) is 7.11 Å². The average molecular weight is 380 g/mol. The van der Waals surface area contributed by atoms with Gasteiger partial charge in [0.2, 0.25) is 5.91 Å². The largest absolute Gasteiger partial charge is 0.497 e. The Kier molecular flexibility index (Phi) is 5.64. The zero-order valence-corrected chi connectivity index (χ0v) is 16.5. The second-order valence-electron chi connectivity index (χ2n) is 7.86. The molecule has 3 atom stereocenters. The lowest BCUT2D eigenvalue weighted by molar-refractivity contribution is -0.132. The van der Waals surface area contributed by atoms with Crippen LogP contribution in [0.1, 0.15) is 23.5 Å². The van der Waals surface area contributed by atoms with Crippen molar-refractivity contribution in [2.24, 2.45) is 11.7 Å². The van der Waals surface area contributed by atoms with Crippen molar-refractivity contribution >= 4 is 5.91 Å². The lowest BCUT2D eigenvalue weighted by Gasteiger charge is -2.39. The van der Waals surface area contributed by atoms with Gasteiger partial charge in [0.25, 0.3) is 0 Å². The highest BCUT2D eigenvalue weighted by atomic mass is 16.5. The van der Waals surface area contributed by atoms with Crippen LogP contribution in [-0.2, 0) is 11.3 Å². The van der Waals surface area contributed by atoms with Crippen molar-refractivity contribution in [3.63, 3.8) is 0 Å². The number of carbonyl (C=O) groups excluding carboxylic acids is 1. The van der Waals surface area contributed by atoms with Crippen molar-refractivity contribution < 1.29 is 9.53 Å². The minimum atomic E-state index is 0.0634. The molecule has 2 heterocycles. The van der Waals surface area contributed by atoms with E-state index >= 15 is 0 Å². The zero-order valence-electron chi connectivity index (χ0n) is 16.5. The molecule has 0 aliphatic carbocycles. The Morgan fingerprint density at radius 3 is 2.54 bits per heavy atom. The number of nitrogens with zero attached hydrogens (tertiary/aromatic N) is 2. The molecule has 2 aromatic carbocycles. The predicted octanol–water partition coefficient (Wildman–Crippen LogP) is 2.47. The molecule has 1 amide bonds. The van der Waals surface area contributed by atoms with Gasteiger partial charge in [0.1, 0.15) is 5.75 Å². The Labute approximate surface area is 167 Å². The Morgan fingerprint density at radius 1 is 1.11 bits per heavy atom. The fraction of sp³-hybridized carbons (Fsp3) is 0.435. The topological polar surface area (TPSA) is 58.8 Å². The van der Waals surface area contributed by atoms with Crippen LogP contribution in [0, 0.1) is 5.92 Å². The predicted molar refractivity (Wildman–Crippen MR) is 110 cm³/mol. The molecule has 2 fully saturated rings. The number of benzene rings is 2. The Balaban J connectivity index is 1.59. The highest BCUT2D eigenvalue weighted by Crippen LogP contribution is 2.42. The number of rotatable bonds is 5. The normalized spacial score (nSPS) is 24.8. The third-order valence-corrected chi connectivity index (χ3v) is 6.34. The number of nitrogens with two attached hydrogens (primary N) is 1. The number of fused-ring (bicyclic) bond motifs is 1. The maximum atomic E-state index is 12.2. The van der Waals surface area contributed by atoms with Gasteiger partial charge in [-0.25, -0.2) is 0 Å². The molecule has 28 heavy (non-hydrogen) atoms. The van der Waals surface area contributed by atoms with Crippen LogP contribution in [0.4, 0.5) is 0 Å². The summed E-state index contributed by atoms with van der Waals surface area (Å²) in [6.45, 7) is 3.67. The number of hydrogen-bond donors (Lipinski definition) is 1. The number of piperidine rings is 1. The number of likely N-dealkylation sites (tertiary alicyclic amines) is 2. The van der Waals surface area contributed by atoms with Gasteiger partial charge >= 0.3 is 0 Å².